The van der Waals surface area contributed by atoms with Crippen LogP contribution in [0.15, 0.2) is 28.7 Å². The molecule has 0 spiro atoms. The number of fused-ring (bicyclic) bond motifs is 1. The number of piperidine rings is 1. The number of nitrogens with zero attached hydrogens (tertiary/aromatic N) is 1. The number of likely N-dealkylation sites (tertiary alicyclic amines) is 1. The zero-order valence-electron chi connectivity index (χ0n) is 15.2. The summed E-state index contributed by atoms with van der Waals surface area (Å²) in [5, 5.41) is 3.77. The molecule has 6 heteroatoms. The Bertz CT molecular complexity index is 871. The van der Waals surface area contributed by atoms with Crippen LogP contribution in [0.25, 0.3) is 0 Å². The number of carbonyl (C=O) groups excluding carboxylic acids is 2. The van der Waals surface area contributed by atoms with E-state index in [2.05, 4.69) is 21.2 Å². The Morgan fingerprint density at radius 1 is 1.04 bits per heavy atom. The molecule has 0 atom stereocenters. The van der Waals surface area contributed by atoms with Crippen molar-refractivity contribution >= 4 is 44.1 Å². The topological polar surface area (TPSA) is 49.4 Å². The summed E-state index contributed by atoms with van der Waals surface area (Å²) in [5.74, 6) is -0.0683. The van der Waals surface area contributed by atoms with Crippen LogP contribution in [-0.4, -0.2) is 29.8 Å². The highest BCUT2D eigenvalue weighted by molar-refractivity contribution is 9.10. The summed E-state index contributed by atoms with van der Waals surface area (Å²) >= 11 is 5.00. The van der Waals surface area contributed by atoms with E-state index in [9.17, 15) is 9.59 Å². The van der Waals surface area contributed by atoms with Crippen molar-refractivity contribution < 1.29 is 9.59 Å². The lowest BCUT2D eigenvalue weighted by Gasteiger charge is -2.27. The van der Waals surface area contributed by atoms with E-state index in [0.29, 0.717) is 5.56 Å². The highest BCUT2D eigenvalue weighted by atomic mass is 79.9. The first-order valence-electron chi connectivity index (χ1n) is 9.64. The number of thiophene rings is 1. The molecule has 0 radical (unpaired) electrons. The van der Waals surface area contributed by atoms with E-state index in [1.807, 2.05) is 17.0 Å². The van der Waals surface area contributed by atoms with Crippen LogP contribution in [0.1, 0.15) is 63.3 Å². The standard InChI is InChI=1S/C21H23BrN2O2S/c22-15-8-6-7-14(13-15)19(25)23-20-18(16-9-2-3-10-17(16)27-20)21(26)24-11-4-1-5-12-24/h6-8,13H,1-5,9-12H2,(H,23,25). The van der Waals surface area contributed by atoms with Crippen molar-refractivity contribution in [1.29, 1.82) is 0 Å². The van der Waals surface area contributed by atoms with Crippen LogP contribution >= 0.6 is 27.3 Å². The second kappa shape index (κ2) is 8.15. The van der Waals surface area contributed by atoms with E-state index in [-0.39, 0.29) is 11.8 Å². The van der Waals surface area contributed by atoms with Crippen molar-refractivity contribution in [1.82, 2.24) is 4.90 Å². The third kappa shape index (κ3) is 3.97. The molecule has 2 aliphatic rings. The van der Waals surface area contributed by atoms with Gasteiger partial charge in [-0.2, -0.15) is 0 Å². The Balaban J connectivity index is 1.66. The van der Waals surface area contributed by atoms with Crippen LogP contribution in [0, 0.1) is 0 Å². The molecule has 1 fully saturated rings. The van der Waals surface area contributed by atoms with Gasteiger partial charge in [0, 0.05) is 28.0 Å². The molecular weight excluding hydrogens is 424 g/mol. The lowest BCUT2D eigenvalue weighted by atomic mass is 9.94. The van der Waals surface area contributed by atoms with Gasteiger partial charge in [-0.05, 0) is 68.7 Å². The molecule has 1 aromatic carbocycles. The third-order valence-electron chi connectivity index (χ3n) is 5.34. The van der Waals surface area contributed by atoms with Gasteiger partial charge in [-0.1, -0.05) is 22.0 Å². The molecule has 1 aromatic heterocycles. The van der Waals surface area contributed by atoms with Crippen molar-refractivity contribution in [3.05, 3.63) is 50.3 Å². The Morgan fingerprint density at radius 2 is 1.81 bits per heavy atom. The fourth-order valence-electron chi connectivity index (χ4n) is 3.94. The molecule has 1 aliphatic heterocycles. The normalized spacial score (nSPS) is 16.7. The maximum Gasteiger partial charge on any atom is 0.257 e. The highest BCUT2D eigenvalue weighted by Crippen LogP contribution is 2.39. The van der Waals surface area contributed by atoms with E-state index in [1.165, 1.54) is 16.9 Å². The third-order valence-corrected chi connectivity index (χ3v) is 7.04. The summed E-state index contributed by atoms with van der Waals surface area (Å²) in [4.78, 5) is 29.3. The van der Waals surface area contributed by atoms with E-state index in [1.54, 1.807) is 23.5 Å². The molecule has 142 valence electrons. The van der Waals surface area contributed by atoms with Gasteiger partial charge in [0.2, 0.25) is 0 Å². The maximum absolute atomic E-state index is 13.3. The Labute approximate surface area is 172 Å². The molecule has 27 heavy (non-hydrogen) atoms. The number of aryl methyl sites for hydroxylation is 1. The number of benzene rings is 1. The number of nitrogens with one attached hydrogen (secondary N) is 1. The zero-order valence-corrected chi connectivity index (χ0v) is 17.6. The first-order chi connectivity index (χ1) is 13.1. The minimum Gasteiger partial charge on any atom is -0.339 e. The van der Waals surface area contributed by atoms with Gasteiger partial charge in [0.15, 0.2) is 0 Å². The van der Waals surface area contributed by atoms with Crippen molar-refractivity contribution in [3.63, 3.8) is 0 Å². The maximum atomic E-state index is 13.3. The molecule has 4 rings (SSSR count). The Kier molecular flexibility index (Phi) is 5.64. The molecule has 0 unspecified atom stereocenters. The largest absolute Gasteiger partial charge is 0.339 e. The Hall–Kier alpha value is -1.66. The minimum atomic E-state index is -0.164. The fourth-order valence-corrected chi connectivity index (χ4v) is 5.62. The lowest BCUT2D eigenvalue weighted by Crippen LogP contribution is -2.36. The van der Waals surface area contributed by atoms with Crippen LogP contribution in [0.4, 0.5) is 5.00 Å². The predicted molar refractivity (Wildman–Crippen MR) is 113 cm³/mol. The first-order valence-corrected chi connectivity index (χ1v) is 11.2. The quantitative estimate of drug-likeness (QED) is 0.697. The molecule has 4 nitrogen and oxygen atoms in total. The van der Waals surface area contributed by atoms with Crippen molar-refractivity contribution in [3.8, 4) is 0 Å². The number of hydrogen-bond acceptors (Lipinski definition) is 3. The molecule has 2 aromatic rings. The van der Waals surface area contributed by atoms with Crippen LogP contribution in [0.2, 0.25) is 0 Å². The molecule has 0 saturated carbocycles. The average Bonchev–Trinajstić information content (AvgIpc) is 3.06. The highest BCUT2D eigenvalue weighted by Gasteiger charge is 2.30. The van der Waals surface area contributed by atoms with E-state index >= 15 is 0 Å². The molecule has 0 bridgehead atoms. The summed E-state index contributed by atoms with van der Waals surface area (Å²) < 4.78 is 0.866. The minimum absolute atomic E-state index is 0.0960. The number of carbonyl (C=O) groups is 2. The van der Waals surface area contributed by atoms with Crippen LogP contribution in [0.5, 0.6) is 0 Å². The van der Waals surface area contributed by atoms with Crippen molar-refractivity contribution in [2.75, 3.05) is 18.4 Å². The van der Waals surface area contributed by atoms with Gasteiger partial charge in [-0.3, -0.25) is 9.59 Å². The van der Waals surface area contributed by atoms with Gasteiger partial charge in [-0.15, -0.1) is 11.3 Å². The summed E-state index contributed by atoms with van der Waals surface area (Å²) in [7, 11) is 0. The summed E-state index contributed by atoms with van der Waals surface area (Å²) in [6.45, 7) is 1.64. The van der Waals surface area contributed by atoms with Crippen molar-refractivity contribution in [2.24, 2.45) is 0 Å². The summed E-state index contributed by atoms with van der Waals surface area (Å²) in [6.07, 6.45) is 7.54. The lowest BCUT2D eigenvalue weighted by molar-refractivity contribution is 0.0724. The van der Waals surface area contributed by atoms with Crippen molar-refractivity contribution in [2.45, 2.75) is 44.9 Å². The molecule has 1 saturated heterocycles. The number of anilines is 1. The average molecular weight is 447 g/mol. The van der Waals surface area contributed by atoms with Gasteiger partial charge in [0.05, 0.1) is 5.56 Å². The SMILES string of the molecule is O=C(Nc1sc2c(c1C(=O)N1CCCCC1)CCCC2)c1cccc(Br)c1. The Morgan fingerprint density at radius 3 is 2.59 bits per heavy atom. The number of halogens is 1. The number of amides is 2. The van der Waals surface area contributed by atoms with E-state index in [0.717, 1.165) is 66.7 Å². The summed E-state index contributed by atoms with van der Waals surface area (Å²) in [5.41, 5.74) is 2.51. The first kappa shape index (κ1) is 18.7. The van der Waals surface area contributed by atoms with Crippen LogP contribution in [-0.2, 0) is 12.8 Å². The monoisotopic (exact) mass is 446 g/mol. The number of rotatable bonds is 3. The van der Waals surface area contributed by atoms with E-state index < -0.39 is 0 Å². The second-order valence-corrected chi connectivity index (χ2v) is 9.25. The molecule has 2 heterocycles. The molecule has 2 amide bonds. The molecular formula is C21H23BrN2O2S. The number of hydrogen-bond donors (Lipinski definition) is 1. The smallest absolute Gasteiger partial charge is 0.257 e. The van der Waals surface area contributed by atoms with Gasteiger partial charge in [0.1, 0.15) is 5.00 Å². The van der Waals surface area contributed by atoms with Gasteiger partial charge in [0.25, 0.3) is 11.8 Å². The summed E-state index contributed by atoms with van der Waals surface area (Å²) in [6, 6.07) is 7.33. The fraction of sp³-hybridized carbons (Fsp3) is 0.429. The van der Waals surface area contributed by atoms with Gasteiger partial charge in [-0.25, -0.2) is 0 Å². The van der Waals surface area contributed by atoms with E-state index in [4.69, 9.17) is 0 Å². The van der Waals surface area contributed by atoms with Crippen LogP contribution in [0.3, 0.4) is 0 Å². The van der Waals surface area contributed by atoms with Gasteiger partial charge < -0.3 is 10.2 Å². The molecule has 1 aliphatic carbocycles. The zero-order chi connectivity index (χ0) is 18.8. The van der Waals surface area contributed by atoms with Gasteiger partial charge >= 0.3 is 0 Å². The second-order valence-electron chi connectivity index (χ2n) is 7.23. The predicted octanol–water partition coefficient (Wildman–Crippen LogP) is 5.27. The molecule has 1 N–H and O–H groups in total. The van der Waals surface area contributed by atoms with Crippen LogP contribution < -0.4 is 5.32 Å².